The van der Waals surface area contributed by atoms with Crippen LogP contribution in [0.25, 0.3) is 0 Å². The van der Waals surface area contributed by atoms with Gasteiger partial charge in [0.2, 0.25) is 0 Å². The number of rotatable bonds is 4. The van der Waals surface area contributed by atoms with Gasteiger partial charge in [-0.15, -0.1) is 0 Å². The summed E-state index contributed by atoms with van der Waals surface area (Å²) < 4.78 is 1.24. The zero-order valence-corrected chi connectivity index (χ0v) is 18.0. The molecule has 1 aliphatic rings. The summed E-state index contributed by atoms with van der Waals surface area (Å²) in [5.74, 6) is 0.327. The number of aryl methyl sites for hydroxylation is 1. The number of benzene rings is 1. The SMILES string of the molecule is [B]N1CCC(c2cc(I)c(C)cc2C(C)(C)C(=O)N=CN(C)C)CC1. The standard InChI is InChI=1S/C19H27BIN3O/c1-13-10-16(19(2,3)18(25)22-12-23(4)5)15(11-17(13)21)14-6-8-24(20)9-7-14/h10-12,14H,6-9H2,1-5H3. The van der Waals surface area contributed by atoms with Gasteiger partial charge in [0.15, 0.2) is 7.98 Å². The molecule has 2 rings (SSSR count). The lowest BCUT2D eigenvalue weighted by Crippen LogP contribution is -2.34. The molecule has 0 aromatic heterocycles. The summed E-state index contributed by atoms with van der Waals surface area (Å²) in [7, 11) is 9.65. The summed E-state index contributed by atoms with van der Waals surface area (Å²) in [4.78, 5) is 20.6. The first-order valence-corrected chi connectivity index (χ1v) is 9.76. The first-order valence-electron chi connectivity index (χ1n) is 8.68. The number of halogens is 1. The van der Waals surface area contributed by atoms with Gasteiger partial charge in [-0.1, -0.05) is 6.07 Å². The van der Waals surface area contributed by atoms with Gasteiger partial charge in [-0.2, -0.15) is 0 Å². The minimum Gasteiger partial charge on any atom is -0.369 e. The fraction of sp³-hybridized carbons (Fsp3) is 0.579. The van der Waals surface area contributed by atoms with Gasteiger partial charge in [0.1, 0.15) is 0 Å². The van der Waals surface area contributed by atoms with E-state index in [2.05, 4.69) is 46.6 Å². The zero-order valence-electron chi connectivity index (χ0n) is 15.8. The summed E-state index contributed by atoms with van der Waals surface area (Å²) in [5, 5.41) is 0. The summed E-state index contributed by atoms with van der Waals surface area (Å²) in [5.41, 5.74) is 2.92. The van der Waals surface area contributed by atoms with Gasteiger partial charge in [0.25, 0.3) is 5.91 Å². The van der Waals surface area contributed by atoms with E-state index in [9.17, 15) is 4.79 Å². The highest BCUT2D eigenvalue weighted by Gasteiger charge is 2.34. The van der Waals surface area contributed by atoms with Crippen molar-refractivity contribution in [3.8, 4) is 0 Å². The number of piperidine rings is 1. The Hall–Kier alpha value is -0.885. The molecule has 1 aliphatic heterocycles. The second kappa shape index (κ2) is 8.21. The fourth-order valence-corrected chi connectivity index (χ4v) is 3.72. The molecule has 134 valence electrons. The molecule has 0 spiro atoms. The van der Waals surface area contributed by atoms with E-state index in [1.54, 1.807) is 11.2 Å². The normalized spacial score (nSPS) is 17.2. The molecule has 0 N–H and O–H groups in total. The average molecular weight is 451 g/mol. The van der Waals surface area contributed by atoms with Crippen LogP contribution in [0.4, 0.5) is 0 Å². The molecule has 2 radical (unpaired) electrons. The van der Waals surface area contributed by atoms with E-state index >= 15 is 0 Å². The molecule has 1 aromatic carbocycles. The molecule has 0 unspecified atom stereocenters. The van der Waals surface area contributed by atoms with Gasteiger partial charge < -0.3 is 9.71 Å². The maximum atomic E-state index is 12.8. The van der Waals surface area contributed by atoms with Crippen LogP contribution in [-0.4, -0.2) is 57.1 Å². The fourth-order valence-electron chi connectivity index (χ4n) is 3.23. The molecule has 1 aromatic rings. The molecule has 1 heterocycles. The third-order valence-electron chi connectivity index (χ3n) is 4.91. The van der Waals surface area contributed by atoms with Gasteiger partial charge >= 0.3 is 0 Å². The topological polar surface area (TPSA) is 35.9 Å². The van der Waals surface area contributed by atoms with E-state index in [1.165, 1.54) is 14.7 Å². The lowest BCUT2D eigenvalue weighted by Gasteiger charge is -2.34. The van der Waals surface area contributed by atoms with Crippen LogP contribution in [-0.2, 0) is 10.2 Å². The summed E-state index contributed by atoms with van der Waals surface area (Å²) in [6, 6.07) is 4.43. The predicted octanol–water partition coefficient (Wildman–Crippen LogP) is 3.26. The van der Waals surface area contributed by atoms with Crippen molar-refractivity contribution < 1.29 is 4.79 Å². The van der Waals surface area contributed by atoms with Crippen molar-refractivity contribution in [2.75, 3.05) is 27.2 Å². The molecule has 1 saturated heterocycles. The van der Waals surface area contributed by atoms with Crippen molar-refractivity contribution in [2.45, 2.75) is 44.9 Å². The number of nitrogens with zero attached hydrogens (tertiary/aromatic N) is 3. The van der Waals surface area contributed by atoms with Crippen LogP contribution < -0.4 is 0 Å². The van der Waals surface area contributed by atoms with E-state index in [-0.39, 0.29) is 5.91 Å². The largest absolute Gasteiger partial charge is 0.369 e. The Bertz CT molecular complexity index is 665. The number of carbonyl (C=O) groups is 1. The van der Waals surface area contributed by atoms with Crippen LogP contribution in [0.5, 0.6) is 0 Å². The van der Waals surface area contributed by atoms with Gasteiger partial charge in [0.05, 0.1) is 11.8 Å². The molecular weight excluding hydrogens is 424 g/mol. The van der Waals surface area contributed by atoms with Crippen LogP contribution in [0, 0.1) is 10.5 Å². The predicted molar refractivity (Wildman–Crippen MR) is 113 cm³/mol. The molecular formula is C19H27BIN3O. The highest BCUT2D eigenvalue weighted by molar-refractivity contribution is 14.1. The minimum atomic E-state index is -0.656. The second-order valence-corrected chi connectivity index (χ2v) is 8.80. The van der Waals surface area contributed by atoms with Crippen molar-refractivity contribution in [3.63, 3.8) is 0 Å². The second-order valence-electron chi connectivity index (χ2n) is 7.64. The molecule has 1 amide bonds. The molecule has 0 bridgehead atoms. The summed E-state index contributed by atoms with van der Waals surface area (Å²) in [6.07, 6.45) is 3.62. The number of carbonyl (C=O) groups excluding carboxylic acids is 1. The number of hydrogen-bond donors (Lipinski definition) is 0. The number of amides is 1. The highest BCUT2D eigenvalue weighted by Crippen LogP contribution is 2.38. The van der Waals surface area contributed by atoms with Crippen molar-refractivity contribution in [1.29, 1.82) is 0 Å². The van der Waals surface area contributed by atoms with Crippen LogP contribution in [0.3, 0.4) is 0 Å². The van der Waals surface area contributed by atoms with Crippen LogP contribution in [0.15, 0.2) is 17.1 Å². The number of aliphatic imine (C=N–C) groups is 1. The van der Waals surface area contributed by atoms with Crippen LogP contribution in [0.1, 0.15) is 49.3 Å². The van der Waals surface area contributed by atoms with Crippen molar-refractivity contribution in [2.24, 2.45) is 4.99 Å². The van der Waals surface area contributed by atoms with Gasteiger partial charge in [-0.3, -0.25) is 4.79 Å². The molecule has 25 heavy (non-hydrogen) atoms. The Morgan fingerprint density at radius 1 is 1.36 bits per heavy atom. The van der Waals surface area contributed by atoms with Gasteiger partial charge in [0, 0.05) is 17.7 Å². The monoisotopic (exact) mass is 451 g/mol. The molecule has 4 nitrogen and oxygen atoms in total. The van der Waals surface area contributed by atoms with E-state index in [0.29, 0.717) is 5.92 Å². The molecule has 6 heteroatoms. The lowest BCUT2D eigenvalue weighted by molar-refractivity contribution is -0.122. The zero-order chi connectivity index (χ0) is 18.8. The Morgan fingerprint density at radius 2 is 1.96 bits per heavy atom. The average Bonchev–Trinajstić information content (AvgIpc) is 2.55. The number of hydrogen-bond acceptors (Lipinski definition) is 2. The Kier molecular flexibility index (Phi) is 6.71. The van der Waals surface area contributed by atoms with Crippen LogP contribution in [0.2, 0.25) is 0 Å². The van der Waals surface area contributed by atoms with E-state index in [0.717, 1.165) is 31.5 Å². The van der Waals surface area contributed by atoms with E-state index < -0.39 is 5.41 Å². The maximum Gasteiger partial charge on any atom is 0.257 e. The Morgan fingerprint density at radius 3 is 2.52 bits per heavy atom. The molecule has 0 aliphatic carbocycles. The molecule has 0 saturated carbocycles. The minimum absolute atomic E-state index is 0.112. The van der Waals surface area contributed by atoms with Crippen molar-refractivity contribution >= 4 is 42.8 Å². The molecule has 0 atom stereocenters. The maximum absolute atomic E-state index is 12.8. The lowest BCUT2D eigenvalue weighted by atomic mass is 9.75. The van der Waals surface area contributed by atoms with Crippen molar-refractivity contribution in [1.82, 2.24) is 9.71 Å². The van der Waals surface area contributed by atoms with Gasteiger partial charge in [-0.05, 0) is 98.0 Å². The Balaban J connectivity index is 2.44. The third kappa shape index (κ3) is 4.85. The van der Waals surface area contributed by atoms with Crippen molar-refractivity contribution in [3.05, 3.63) is 32.4 Å². The van der Waals surface area contributed by atoms with E-state index in [4.69, 9.17) is 7.98 Å². The smallest absolute Gasteiger partial charge is 0.257 e. The Labute approximate surface area is 166 Å². The summed E-state index contributed by atoms with van der Waals surface area (Å²) >= 11 is 2.38. The third-order valence-corrected chi connectivity index (χ3v) is 6.08. The van der Waals surface area contributed by atoms with E-state index in [1.807, 2.05) is 32.8 Å². The van der Waals surface area contributed by atoms with Gasteiger partial charge in [-0.25, -0.2) is 4.99 Å². The van der Waals surface area contributed by atoms with Crippen LogP contribution >= 0.6 is 22.6 Å². The first kappa shape index (κ1) is 20.4. The summed E-state index contributed by atoms with van der Waals surface area (Å²) in [6.45, 7) is 7.84. The highest BCUT2D eigenvalue weighted by atomic mass is 127. The quantitative estimate of drug-likeness (QED) is 0.305. The molecule has 1 fully saturated rings. The first-order chi connectivity index (χ1) is 11.6.